The molecular weight excluding hydrogens is 478 g/mol. The van der Waals surface area contributed by atoms with Gasteiger partial charge in [-0.25, -0.2) is 9.37 Å². The molecule has 7 nitrogen and oxygen atoms in total. The van der Waals surface area contributed by atoms with Crippen molar-refractivity contribution in [3.8, 4) is 5.75 Å². The third-order valence-electron chi connectivity index (χ3n) is 6.37. The summed E-state index contributed by atoms with van der Waals surface area (Å²) in [5.41, 5.74) is 8.18. The molecule has 176 valence electrons. The number of hydrogen-bond acceptors (Lipinski definition) is 7. The monoisotopic (exact) mass is 500 g/mol. The fraction of sp³-hybridized carbons (Fsp3) is 0.292. The first-order valence-electron chi connectivity index (χ1n) is 10.8. The molecule has 10 heteroatoms. The van der Waals surface area contributed by atoms with Gasteiger partial charge in [-0.15, -0.1) is 0 Å². The number of halogens is 3. The van der Waals surface area contributed by atoms with E-state index in [4.69, 9.17) is 39.1 Å². The topological polar surface area (TPSA) is 100 Å². The molecule has 34 heavy (non-hydrogen) atoms. The molecule has 1 aromatic carbocycles. The maximum atomic E-state index is 14.9. The fourth-order valence-corrected chi connectivity index (χ4v) is 5.14. The van der Waals surface area contributed by atoms with Crippen molar-refractivity contribution in [2.75, 3.05) is 36.8 Å². The number of benzene rings is 1. The van der Waals surface area contributed by atoms with Crippen molar-refractivity contribution in [2.45, 2.75) is 13.0 Å². The van der Waals surface area contributed by atoms with E-state index in [1.54, 1.807) is 18.2 Å². The van der Waals surface area contributed by atoms with Crippen LogP contribution in [0.5, 0.6) is 5.75 Å². The number of nitrogens with zero attached hydrogens (tertiary/aromatic N) is 3. The van der Waals surface area contributed by atoms with E-state index >= 15 is 0 Å². The van der Waals surface area contributed by atoms with Crippen molar-refractivity contribution < 1.29 is 9.13 Å². The quantitative estimate of drug-likeness (QED) is 0.341. The van der Waals surface area contributed by atoms with E-state index in [-0.39, 0.29) is 11.1 Å². The van der Waals surface area contributed by atoms with Crippen LogP contribution in [0.3, 0.4) is 0 Å². The molecule has 2 fully saturated rings. The Labute approximate surface area is 206 Å². The summed E-state index contributed by atoms with van der Waals surface area (Å²) in [5, 5.41) is 12.7. The molecule has 4 N–H and O–H groups in total. The Morgan fingerprint density at radius 2 is 1.91 bits per heavy atom. The molecule has 3 aromatic rings. The molecule has 2 saturated heterocycles. The number of hydrogen-bond donors (Lipinski definition) is 3. The molecule has 1 spiro atoms. The number of nitrogen functional groups attached to an aromatic ring is 1. The minimum atomic E-state index is -0.474. The first-order chi connectivity index (χ1) is 16.3. The van der Waals surface area contributed by atoms with Gasteiger partial charge in [-0.1, -0.05) is 23.2 Å². The van der Waals surface area contributed by atoms with E-state index in [2.05, 4.69) is 15.3 Å². The Kier molecular flexibility index (Phi) is 5.83. The van der Waals surface area contributed by atoms with Gasteiger partial charge in [0.05, 0.1) is 15.8 Å². The number of nitrogens with one attached hydrogen (secondary N) is 2. The molecule has 0 aliphatic carbocycles. The van der Waals surface area contributed by atoms with Crippen LogP contribution in [0, 0.1) is 16.6 Å². The lowest BCUT2D eigenvalue weighted by molar-refractivity contribution is 0.119. The molecule has 2 aliphatic rings. The Bertz CT molecular complexity index is 1250. The van der Waals surface area contributed by atoms with Crippen molar-refractivity contribution >= 4 is 40.4 Å². The average Bonchev–Trinajstić information content (AvgIpc) is 2.73. The van der Waals surface area contributed by atoms with Gasteiger partial charge < -0.3 is 20.7 Å². The zero-order valence-electron chi connectivity index (χ0n) is 18.4. The lowest BCUT2D eigenvalue weighted by Gasteiger charge is -2.56. The van der Waals surface area contributed by atoms with E-state index in [0.717, 1.165) is 26.2 Å². The fourth-order valence-electron chi connectivity index (χ4n) is 4.47. The van der Waals surface area contributed by atoms with Gasteiger partial charge in [0, 0.05) is 72.6 Å². The first kappa shape index (κ1) is 22.8. The molecule has 0 unspecified atom stereocenters. The summed E-state index contributed by atoms with van der Waals surface area (Å²) in [7, 11) is 0. The van der Waals surface area contributed by atoms with Gasteiger partial charge in [-0.3, -0.25) is 10.4 Å². The summed E-state index contributed by atoms with van der Waals surface area (Å²) < 4.78 is 20.9. The van der Waals surface area contributed by atoms with Crippen LogP contribution in [0.25, 0.3) is 0 Å². The van der Waals surface area contributed by atoms with Crippen LogP contribution in [0.4, 0.5) is 15.9 Å². The predicted molar refractivity (Wildman–Crippen MR) is 132 cm³/mol. The SMILES string of the molecule is C[C@@H](Oc1ccc(N)c(C(=N)c2cnc(N3CC4(CNC4)C3)c(F)c2)c1)c1c(Cl)cncc1Cl. The summed E-state index contributed by atoms with van der Waals surface area (Å²) in [5.74, 6) is 0.334. The van der Waals surface area contributed by atoms with Crippen molar-refractivity contribution in [2.24, 2.45) is 5.41 Å². The minimum Gasteiger partial charge on any atom is -0.486 e. The lowest BCUT2D eigenvalue weighted by atomic mass is 9.74. The summed E-state index contributed by atoms with van der Waals surface area (Å²) in [4.78, 5) is 10.2. The van der Waals surface area contributed by atoms with Crippen molar-refractivity contribution in [3.63, 3.8) is 0 Å². The summed E-state index contributed by atoms with van der Waals surface area (Å²) >= 11 is 12.5. The molecule has 0 radical (unpaired) electrons. The van der Waals surface area contributed by atoms with Crippen molar-refractivity contribution in [3.05, 3.63) is 75.4 Å². The number of aromatic nitrogens is 2. The second kappa shape index (κ2) is 8.69. The Morgan fingerprint density at radius 3 is 2.53 bits per heavy atom. The lowest BCUT2D eigenvalue weighted by Crippen LogP contribution is -2.71. The molecule has 2 aliphatic heterocycles. The molecule has 4 heterocycles. The number of nitrogens with two attached hydrogens (primary N) is 1. The zero-order valence-corrected chi connectivity index (χ0v) is 19.9. The van der Waals surface area contributed by atoms with Gasteiger partial charge in [0.25, 0.3) is 0 Å². The van der Waals surface area contributed by atoms with E-state index in [0.29, 0.717) is 44.0 Å². The Morgan fingerprint density at radius 1 is 1.21 bits per heavy atom. The van der Waals surface area contributed by atoms with Crippen LogP contribution in [0.2, 0.25) is 10.0 Å². The summed E-state index contributed by atoms with van der Waals surface area (Å²) in [6.07, 6.45) is 4.04. The molecule has 5 rings (SSSR count). The van der Waals surface area contributed by atoms with Gasteiger partial charge in [0.2, 0.25) is 0 Å². The molecule has 1 atom stereocenters. The maximum Gasteiger partial charge on any atom is 0.166 e. The van der Waals surface area contributed by atoms with Crippen molar-refractivity contribution in [1.29, 1.82) is 5.41 Å². The second-order valence-corrected chi connectivity index (χ2v) is 9.70. The van der Waals surface area contributed by atoms with Crippen LogP contribution >= 0.6 is 23.2 Å². The number of ether oxygens (including phenoxy) is 1. The number of anilines is 2. The second-order valence-electron chi connectivity index (χ2n) is 8.89. The molecular formula is C24H23Cl2FN6O. The van der Waals surface area contributed by atoms with Crippen LogP contribution in [-0.2, 0) is 0 Å². The first-order valence-corrected chi connectivity index (χ1v) is 11.6. The molecule has 0 saturated carbocycles. The van der Waals surface area contributed by atoms with Gasteiger partial charge in [0.1, 0.15) is 11.9 Å². The summed E-state index contributed by atoms with van der Waals surface area (Å²) in [6.45, 7) is 5.31. The van der Waals surface area contributed by atoms with Gasteiger partial charge in [-0.2, -0.15) is 0 Å². The van der Waals surface area contributed by atoms with E-state index in [1.165, 1.54) is 24.7 Å². The largest absolute Gasteiger partial charge is 0.486 e. The molecule has 0 bridgehead atoms. The Balaban J connectivity index is 1.35. The zero-order chi connectivity index (χ0) is 24.0. The third kappa shape index (κ3) is 4.06. The highest BCUT2D eigenvalue weighted by molar-refractivity contribution is 6.35. The van der Waals surface area contributed by atoms with Crippen LogP contribution in [0.1, 0.15) is 29.7 Å². The standard InChI is InChI=1S/C24H23Cl2FN6O/c1-13(21-17(25)7-30-8-18(21)26)34-15-2-3-20(28)16(5-15)22(29)14-4-19(27)23(32-6-14)33-11-24(12-33)9-31-10-24/h2-8,13,29,31H,9-12,28H2,1H3/t13-/m1/s1. The molecule has 0 amide bonds. The smallest absolute Gasteiger partial charge is 0.166 e. The number of rotatable bonds is 6. The highest BCUT2D eigenvalue weighted by Crippen LogP contribution is 2.38. The van der Waals surface area contributed by atoms with Crippen LogP contribution in [-0.4, -0.2) is 41.9 Å². The Hall–Kier alpha value is -2.94. The van der Waals surface area contributed by atoms with Gasteiger partial charge in [0.15, 0.2) is 11.6 Å². The van der Waals surface area contributed by atoms with E-state index in [1.807, 2.05) is 11.8 Å². The van der Waals surface area contributed by atoms with Gasteiger partial charge in [-0.05, 0) is 31.2 Å². The third-order valence-corrected chi connectivity index (χ3v) is 6.97. The van der Waals surface area contributed by atoms with Gasteiger partial charge >= 0.3 is 0 Å². The highest BCUT2D eigenvalue weighted by Gasteiger charge is 2.48. The average molecular weight is 501 g/mol. The normalized spacial score (nSPS) is 17.1. The predicted octanol–water partition coefficient (Wildman–Crippen LogP) is 4.47. The van der Waals surface area contributed by atoms with E-state index in [9.17, 15) is 4.39 Å². The van der Waals surface area contributed by atoms with Crippen LogP contribution in [0.15, 0.2) is 42.9 Å². The molecule has 2 aromatic heterocycles. The maximum absolute atomic E-state index is 14.9. The van der Waals surface area contributed by atoms with Crippen molar-refractivity contribution in [1.82, 2.24) is 15.3 Å². The minimum absolute atomic E-state index is 0.0526. The highest BCUT2D eigenvalue weighted by atomic mass is 35.5. The number of pyridine rings is 2. The van der Waals surface area contributed by atoms with Crippen LogP contribution < -0.4 is 20.7 Å². The van der Waals surface area contributed by atoms with E-state index < -0.39 is 11.9 Å². The summed E-state index contributed by atoms with van der Waals surface area (Å²) in [6, 6.07) is 6.32.